The molecule has 1 amide bonds. The summed E-state index contributed by atoms with van der Waals surface area (Å²) in [7, 11) is -3.72. The molecule has 0 bridgehead atoms. The minimum atomic E-state index is -3.72. The molecule has 0 fully saturated rings. The van der Waals surface area contributed by atoms with Crippen molar-refractivity contribution in [1.29, 1.82) is 0 Å². The zero-order valence-electron chi connectivity index (χ0n) is 16.5. The van der Waals surface area contributed by atoms with Gasteiger partial charge in [-0.1, -0.05) is 42.1 Å². The van der Waals surface area contributed by atoms with Gasteiger partial charge in [0.15, 0.2) is 5.16 Å². The van der Waals surface area contributed by atoms with Crippen LogP contribution in [-0.4, -0.2) is 36.6 Å². The highest BCUT2D eigenvalue weighted by atomic mass is 32.2. The van der Waals surface area contributed by atoms with Gasteiger partial charge in [-0.3, -0.25) is 9.10 Å². The van der Waals surface area contributed by atoms with E-state index in [-0.39, 0.29) is 16.6 Å². The lowest BCUT2D eigenvalue weighted by molar-refractivity contribution is -0.113. The fourth-order valence-corrected chi connectivity index (χ4v) is 5.53. The highest BCUT2D eigenvalue weighted by Crippen LogP contribution is 2.41. The molecule has 1 N–H and O–H groups in total. The summed E-state index contributed by atoms with van der Waals surface area (Å²) >= 11 is 1.16. The van der Waals surface area contributed by atoms with E-state index in [9.17, 15) is 13.2 Å². The fourth-order valence-electron chi connectivity index (χ4n) is 3.34. The number of nitrogens with zero attached hydrogens (tertiary/aromatic N) is 3. The van der Waals surface area contributed by atoms with E-state index in [0.29, 0.717) is 23.1 Å². The molecule has 0 aliphatic carbocycles. The monoisotopic (exact) mass is 440 g/mol. The number of carbonyl (C=O) groups is 1. The number of sulfonamides is 1. The third kappa shape index (κ3) is 3.78. The molecule has 30 heavy (non-hydrogen) atoms. The molecule has 0 spiro atoms. The van der Waals surface area contributed by atoms with Crippen LogP contribution in [0.3, 0.4) is 0 Å². The number of benzene rings is 2. The Morgan fingerprint density at radius 3 is 2.73 bits per heavy atom. The van der Waals surface area contributed by atoms with E-state index in [0.717, 1.165) is 28.6 Å². The second kappa shape index (κ2) is 8.08. The van der Waals surface area contributed by atoms with Crippen LogP contribution in [0.1, 0.15) is 12.5 Å². The van der Waals surface area contributed by atoms with E-state index < -0.39 is 10.0 Å². The second-order valence-corrected chi connectivity index (χ2v) is 9.53. The normalized spacial score (nSPS) is 14.0. The Hall–Kier alpha value is -2.91. The van der Waals surface area contributed by atoms with E-state index in [1.54, 1.807) is 19.1 Å². The van der Waals surface area contributed by atoms with Gasteiger partial charge in [-0.2, -0.15) is 0 Å². The highest BCUT2D eigenvalue weighted by molar-refractivity contribution is 7.99. The zero-order valence-corrected chi connectivity index (χ0v) is 18.1. The Bertz CT molecular complexity index is 1230. The van der Waals surface area contributed by atoms with E-state index in [2.05, 4.69) is 15.3 Å². The molecule has 7 nitrogen and oxygen atoms in total. The maximum absolute atomic E-state index is 13.0. The van der Waals surface area contributed by atoms with Gasteiger partial charge in [-0.05, 0) is 37.6 Å². The average molecular weight is 441 g/mol. The molecule has 2 aromatic carbocycles. The smallest absolute Gasteiger partial charge is 0.268 e. The van der Waals surface area contributed by atoms with Gasteiger partial charge < -0.3 is 5.32 Å². The molecule has 0 radical (unpaired) electrons. The summed E-state index contributed by atoms with van der Waals surface area (Å²) in [5, 5.41) is 3.19. The third-order valence-electron chi connectivity index (χ3n) is 4.65. The number of rotatable bonds is 5. The van der Waals surface area contributed by atoms with Gasteiger partial charge in [0.2, 0.25) is 5.91 Å². The minimum absolute atomic E-state index is 0.0802. The molecule has 0 unspecified atom stereocenters. The predicted octanol–water partition coefficient (Wildman–Crippen LogP) is 3.71. The quantitative estimate of drug-likeness (QED) is 0.480. The van der Waals surface area contributed by atoms with Crippen LogP contribution < -0.4 is 9.62 Å². The number of fused-ring (bicyclic) bond motifs is 3. The van der Waals surface area contributed by atoms with Crippen LogP contribution in [0.5, 0.6) is 0 Å². The number of thioether (sulfide) groups is 1. The van der Waals surface area contributed by atoms with Crippen LogP contribution >= 0.6 is 11.8 Å². The molecular weight excluding hydrogens is 420 g/mol. The first-order valence-corrected chi connectivity index (χ1v) is 11.8. The van der Waals surface area contributed by atoms with E-state index in [1.165, 1.54) is 10.5 Å². The number of para-hydroxylation sites is 1. The van der Waals surface area contributed by atoms with Crippen LogP contribution in [0.2, 0.25) is 0 Å². The lowest BCUT2D eigenvalue weighted by Gasteiger charge is -2.30. The number of nitrogens with one attached hydrogen (secondary N) is 1. The fraction of sp³-hybridized carbons (Fsp3) is 0.190. The summed E-state index contributed by atoms with van der Waals surface area (Å²) in [6, 6.07) is 14.8. The van der Waals surface area contributed by atoms with Crippen LogP contribution in [0.4, 0.5) is 11.4 Å². The number of hydrogen-bond acceptors (Lipinski definition) is 6. The number of hydrogen-bond donors (Lipinski definition) is 1. The standard InChI is InChI=1S/C21H20N4O3S2/c1-3-25-17-10-5-4-9-16(17)20-18(30(25,27)28)12-22-21(24-20)29-13-19(26)23-15-8-6-7-14(2)11-15/h4-12H,3,13H2,1-2H3,(H,23,26). The van der Waals surface area contributed by atoms with Gasteiger partial charge >= 0.3 is 0 Å². The maximum Gasteiger partial charge on any atom is 0.268 e. The Morgan fingerprint density at radius 2 is 1.97 bits per heavy atom. The second-order valence-electron chi connectivity index (χ2n) is 6.76. The lowest BCUT2D eigenvalue weighted by atomic mass is 10.1. The lowest BCUT2D eigenvalue weighted by Crippen LogP contribution is -2.34. The van der Waals surface area contributed by atoms with Gasteiger partial charge in [-0.15, -0.1) is 0 Å². The highest BCUT2D eigenvalue weighted by Gasteiger charge is 2.35. The number of carbonyl (C=O) groups excluding carboxylic acids is 1. The molecular formula is C21H20N4O3S2. The van der Waals surface area contributed by atoms with Crippen molar-refractivity contribution in [1.82, 2.24) is 9.97 Å². The summed E-state index contributed by atoms with van der Waals surface area (Å²) < 4.78 is 27.3. The van der Waals surface area contributed by atoms with Gasteiger partial charge in [-0.25, -0.2) is 18.4 Å². The first-order chi connectivity index (χ1) is 14.4. The zero-order chi connectivity index (χ0) is 21.3. The van der Waals surface area contributed by atoms with Gasteiger partial charge in [0, 0.05) is 17.8 Å². The number of anilines is 2. The molecule has 1 aromatic heterocycles. The Morgan fingerprint density at radius 1 is 1.17 bits per heavy atom. The van der Waals surface area contributed by atoms with E-state index in [1.807, 2.05) is 43.3 Å². The molecule has 4 rings (SSSR count). The SMILES string of the molecule is CCN1c2ccccc2-c2nc(SCC(=O)Nc3cccc(C)c3)ncc2S1(=O)=O. The molecule has 154 valence electrons. The summed E-state index contributed by atoms with van der Waals surface area (Å²) in [4.78, 5) is 21.0. The first-order valence-electron chi connectivity index (χ1n) is 9.38. The van der Waals surface area contributed by atoms with Crippen LogP contribution in [-0.2, 0) is 14.8 Å². The molecule has 0 saturated heterocycles. The van der Waals surface area contributed by atoms with Crippen molar-refractivity contribution in [3.63, 3.8) is 0 Å². The largest absolute Gasteiger partial charge is 0.325 e. The van der Waals surface area contributed by atoms with Crippen LogP contribution in [0.25, 0.3) is 11.3 Å². The Balaban J connectivity index is 1.58. The van der Waals surface area contributed by atoms with Crippen molar-refractivity contribution in [3.8, 4) is 11.3 Å². The van der Waals surface area contributed by atoms with Gasteiger partial charge in [0.05, 0.1) is 23.3 Å². The topological polar surface area (TPSA) is 92.3 Å². The summed E-state index contributed by atoms with van der Waals surface area (Å²) in [5.41, 5.74) is 3.48. The molecule has 0 atom stereocenters. The van der Waals surface area contributed by atoms with E-state index in [4.69, 9.17) is 0 Å². The summed E-state index contributed by atoms with van der Waals surface area (Å²) in [5.74, 6) is -0.0699. The van der Waals surface area contributed by atoms with Crippen LogP contribution in [0.15, 0.2) is 64.8 Å². The summed E-state index contributed by atoms with van der Waals surface area (Å²) in [6.07, 6.45) is 1.33. The van der Waals surface area contributed by atoms with Crippen molar-refractivity contribution < 1.29 is 13.2 Å². The third-order valence-corrected chi connectivity index (χ3v) is 7.40. The van der Waals surface area contributed by atoms with E-state index >= 15 is 0 Å². The Labute approximate surface area is 179 Å². The van der Waals surface area contributed by atoms with Gasteiger partial charge in [0.1, 0.15) is 4.90 Å². The molecule has 3 aromatic rings. The van der Waals surface area contributed by atoms with Crippen molar-refractivity contribution in [2.45, 2.75) is 23.9 Å². The number of amides is 1. The van der Waals surface area contributed by atoms with Crippen molar-refractivity contribution in [3.05, 3.63) is 60.3 Å². The Kier molecular flexibility index (Phi) is 5.48. The minimum Gasteiger partial charge on any atom is -0.325 e. The van der Waals surface area contributed by atoms with Crippen molar-refractivity contribution in [2.24, 2.45) is 0 Å². The molecule has 2 heterocycles. The number of aromatic nitrogens is 2. The van der Waals surface area contributed by atoms with Crippen molar-refractivity contribution in [2.75, 3.05) is 21.9 Å². The maximum atomic E-state index is 13.0. The van der Waals surface area contributed by atoms with Gasteiger partial charge in [0.25, 0.3) is 10.0 Å². The molecule has 1 aliphatic rings. The first kappa shape index (κ1) is 20.4. The summed E-state index contributed by atoms with van der Waals surface area (Å²) in [6.45, 7) is 4.06. The molecule has 9 heteroatoms. The van der Waals surface area contributed by atoms with Crippen molar-refractivity contribution >= 4 is 39.1 Å². The van der Waals surface area contributed by atoms with Crippen LogP contribution in [0, 0.1) is 6.92 Å². The molecule has 1 aliphatic heterocycles. The molecule has 0 saturated carbocycles. The predicted molar refractivity (Wildman–Crippen MR) is 118 cm³/mol. The average Bonchev–Trinajstić information content (AvgIpc) is 2.72. The number of aryl methyl sites for hydroxylation is 1.